The van der Waals surface area contributed by atoms with Crippen molar-refractivity contribution in [3.8, 4) is 34.3 Å². The van der Waals surface area contributed by atoms with E-state index in [0.29, 0.717) is 5.56 Å². The largest absolute Gasteiger partial charge is 0.508 e. The van der Waals surface area contributed by atoms with Gasteiger partial charge in [0.15, 0.2) is 16.9 Å². The fourth-order valence-corrected chi connectivity index (χ4v) is 2.22. The number of hydrogen-bond acceptors (Lipinski definition) is 6. The molecular weight excluding hydrogens is 288 g/mol. The third kappa shape index (κ3) is 2.20. The van der Waals surface area contributed by atoms with Gasteiger partial charge in [0.2, 0.25) is 0 Å². The monoisotopic (exact) mass is 300 g/mol. The Balaban J connectivity index is 2.29. The fraction of sp³-hybridized carbons (Fsp3) is 0.0625. The van der Waals surface area contributed by atoms with Crippen LogP contribution in [0.5, 0.6) is 23.0 Å². The quantitative estimate of drug-likeness (QED) is 0.629. The number of hydrogen-bond donors (Lipinski definition) is 3. The summed E-state index contributed by atoms with van der Waals surface area (Å²) in [5.74, 6) is -0.289. The number of ether oxygens (including phenoxy) is 1. The zero-order valence-electron chi connectivity index (χ0n) is 11.5. The summed E-state index contributed by atoms with van der Waals surface area (Å²) in [6.07, 6.45) is 0. The molecule has 0 unspecified atom stereocenters. The lowest BCUT2D eigenvalue weighted by atomic mass is 10.1. The molecule has 3 rings (SSSR count). The highest BCUT2D eigenvalue weighted by Crippen LogP contribution is 2.33. The first-order chi connectivity index (χ1) is 10.5. The van der Waals surface area contributed by atoms with Gasteiger partial charge in [-0.3, -0.25) is 4.79 Å². The molecule has 3 aromatic rings. The lowest BCUT2D eigenvalue weighted by molar-refractivity contribution is 0.404. The molecule has 0 fully saturated rings. The van der Waals surface area contributed by atoms with Gasteiger partial charge in [0.05, 0.1) is 7.11 Å². The average molecular weight is 300 g/mol. The number of aromatic hydroxyl groups is 3. The van der Waals surface area contributed by atoms with E-state index < -0.39 is 0 Å². The zero-order valence-corrected chi connectivity index (χ0v) is 11.5. The molecule has 0 saturated heterocycles. The first-order valence-corrected chi connectivity index (χ1v) is 6.37. The molecule has 0 aliphatic carbocycles. The van der Waals surface area contributed by atoms with Gasteiger partial charge in [-0.2, -0.15) is 0 Å². The molecule has 0 atom stereocenters. The minimum Gasteiger partial charge on any atom is -0.508 e. The maximum atomic E-state index is 12.3. The maximum Gasteiger partial charge on any atom is 0.197 e. The van der Waals surface area contributed by atoms with E-state index in [-0.39, 0.29) is 45.2 Å². The second-order valence-corrected chi connectivity index (χ2v) is 4.70. The van der Waals surface area contributed by atoms with E-state index in [2.05, 4.69) is 0 Å². The Kier molecular flexibility index (Phi) is 3.14. The first kappa shape index (κ1) is 13.8. The molecule has 0 saturated carbocycles. The van der Waals surface area contributed by atoms with E-state index in [0.717, 1.165) is 0 Å². The van der Waals surface area contributed by atoms with E-state index in [4.69, 9.17) is 9.15 Å². The Labute approximate surface area is 124 Å². The molecular formula is C16H12O6. The lowest BCUT2D eigenvalue weighted by Crippen LogP contribution is -2.02. The van der Waals surface area contributed by atoms with Crippen LogP contribution in [-0.2, 0) is 0 Å². The molecule has 22 heavy (non-hydrogen) atoms. The summed E-state index contributed by atoms with van der Waals surface area (Å²) >= 11 is 0. The summed E-state index contributed by atoms with van der Waals surface area (Å²) in [6.45, 7) is 0. The smallest absolute Gasteiger partial charge is 0.197 e. The van der Waals surface area contributed by atoms with E-state index in [9.17, 15) is 20.1 Å². The van der Waals surface area contributed by atoms with Gasteiger partial charge in [-0.25, -0.2) is 0 Å². The fourth-order valence-electron chi connectivity index (χ4n) is 2.22. The van der Waals surface area contributed by atoms with Crippen LogP contribution in [0.4, 0.5) is 0 Å². The molecule has 0 radical (unpaired) electrons. The topological polar surface area (TPSA) is 100 Å². The predicted molar refractivity (Wildman–Crippen MR) is 79.5 cm³/mol. The van der Waals surface area contributed by atoms with Gasteiger partial charge in [0, 0.05) is 23.8 Å². The van der Waals surface area contributed by atoms with Crippen molar-refractivity contribution >= 4 is 11.0 Å². The molecule has 112 valence electrons. The van der Waals surface area contributed by atoms with Crippen molar-refractivity contribution in [1.82, 2.24) is 0 Å². The van der Waals surface area contributed by atoms with Gasteiger partial charge < -0.3 is 24.5 Å². The van der Waals surface area contributed by atoms with Crippen molar-refractivity contribution in [3.05, 3.63) is 46.6 Å². The van der Waals surface area contributed by atoms with Crippen LogP contribution in [-0.4, -0.2) is 22.4 Å². The molecule has 0 aliphatic rings. The van der Waals surface area contributed by atoms with Crippen LogP contribution in [0.25, 0.3) is 22.3 Å². The van der Waals surface area contributed by atoms with Crippen LogP contribution in [0.15, 0.2) is 45.6 Å². The zero-order chi connectivity index (χ0) is 15.9. The minimum absolute atomic E-state index is 0.0989. The highest BCUT2D eigenvalue weighted by atomic mass is 16.5. The molecule has 1 heterocycles. The Hall–Kier alpha value is -3.15. The first-order valence-electron chi connectivity index (χ1n) is 6.37. The number of rotatable bonds is 2. The van der Waals surface area contributed by atoms with Crippen molar-refractivity contribution in [1.29, 1.82) is 0 Å². The van der Waals surface area contributed by atoms with Crippen LogP contribution in [0, 0.1) is 0 Å². The van der Waals surface area contributed by atoms with E-state index >= 15 is 0 Å². The molecule has 0 bridgehead atoms. The number of phenolic OH excluding ortho intramolecular Hbond substituents is 3. The van der Waals surface area contributed by atoms with Gasteiger partial charge in [-0.1, -0.05) is 0 Å². The van der Waals surface area contributed by atoms with Crippen LogP contribution < -0.4 is 10.2 Å². The third-order valence-electron chi connectivity index (χ3n) is 3.26. The molecule has 6 nitrogen and oxygen atoms in total. The Morgan fingerprint density at radius 2 is 1.77 bits per heavy atom. The van der Waals surface area contributed by atoms with Gasteiger partial charge in [0.1, 0.15) is 28.2 Å². The normalized spacial score (nSPS) is 10.8. The van der Waals surface area contributed by atoms with Crippen LogP contribution in [0.3, 0.4) is 0 Å². The third-order valence-corrected chi connectivity index (χ3v) is 3.26. The number of methoxy groups -OCH3 is 1. The van der Waals surface area contributed by atoms with E-state index in [1.165, 1.54) is 43.5 Å². The summed E-state index contributed by atoms with van der Waals surface area (Å²) in [5.41, 5.74) is 0.226. The van der Waals surface area contributed by atoms with Gasteiger partial charge in [-0.05, 0) is 18.2 Å². The Bertz CT molecular complexity index is 926. The van der Waals surface area contributed by atoms with E-state index in [1.54, 1.807) is 0 Å². The second kappa shape index (κ2) is 5.00. The predicted octanol–water partition coefficient (Wildman–Crippen LogP) is 2.59. The van der Waals surface area contributed by atoms with Crippen molar-refractivity contribution in [2.75, 3.05) is 7.11 Å². The maximum absolute atomic E-state index is 12.3. The van der Waals surface area contributed by atoms with Gasteiger partial charge >= 0.3 is 0 Å². The van der Waals surface area contributed by atoms with Crippen molar-refractivity contribution in [3.63, 3.8) is 0 Å². The SMILES string of the molecule is COc1cc(O)cc2oc(-c3ccc(O)c(O)c3)cc(=O)c12. The lowest BCUT2D eigenvalue weighted by Gasteiger charge is -2.08. The number of phenols is 3. The standard InChI is InChI=1S/C16H12O6/c1-21-14-5-9(17)6-15-16(14)12(20)7-13(22-15)8-2-3-10(18)11(19)4-8/h2-7,17-19H,1H3. The summed E-state index contributed by atoms with van der Waals surface area (Å²) in [6, 6.07) is 7.96. The highest BCUT2D eigenvalue weighted by Gasteiger charge is 2.14. The number of fused-ring (bicyclic) bond motifs is 1. The van der Waals surface area contributed by atoms with Crippen molar-refractivity contribution in [2.45, 2.75) is 0 Å². The molecule has 0 aliphatic heterocycles. The number of benzene rings is 2. The average Bonchev–Trinajstić information content (AvgIpc) is 2.48. The molecule has 0 amide bonds. The minimum atomic E-state index is -0.347. The van der Waals surface area contributed by atoms with Crippen LogP contribution >= 0.6 is 0 Å². The van der Waals surface area contributed by atoms with Crippen molar-refractivity contribution in [2.24, 2.45) is 0 Å². The van der Waals surface area contributed by atoms with E-state index in [1.807, 2.05) is 0 Å². The Morgan fingerprint density at radius 3 is 2.45 bits per heavy atom. The van der Waals surface area contributed by atoms with Crippen LogP contribution in [0.1, 0.15) is 0 Å². The van der Waals surface area contributed by atoms with Crippen LogP contribution in [0.2, 0.25) is 0 Å². The highest BCUT2D eigenvalue weighted by molar-refractivity contribution is 5.86. The molecule has 6 heteroatoms. The summed E-state index contributed by atoms with van der Waals surface area (Å²) in [7, 11) is 1.39. The second-order valence-electron chi connectivity index (χ2n) is 4.70. The molecule has 2 aromatic carbocycles. The summed E-state index contributed by atoms with van der Waals surface area (Å²) in [4.78, 5) is 12.3. The summed E-state index contributed by atoms with van der Waals surface area (Å²) in [5, 5.41) is 28.7. The summed E-state index contributed by atoms with van der Waals surface area (Å²) < 4.78 is 10.7. The molecule has 0 spiro atoms. The molecule has 1 aromatic heterocycles. The Morgan fingerprint density at radius 1 is 1.00 bits per heavy atom. The van der Waals surface area contributed by atoms with Gasteiger partial charge in [-0.15, -0.1) is 0 Å². The van der Waals surface area contributed by atoms with Gasteiger partial charge in [0.25, 0.3) is 0 Å². The van der Waals surface area contributed by atoms with Crippen molar-refractivity contribution < 1.29 is 24.5 Å². The molecule has 3 N–H and O–H groups in total.